The first-order valence-electron chi connectivity index (χ1n) is 10.1. The molecule has 4 rings (SSSR count). The Hall–Kier alpha value is -3.33. The molecule has 33 heavy (non-hydrogen) atoms. The standard InChI is InChI=1S/C24H20F3NO4S/c1-32-23(29)17-9-11-20(16-7-8-16)22(13-17)33(30,31)28-21-14-18(24(25,26)27)10-12-19(21)15-5-3-2-4-6-15/h2-6,9-14,16,28H,7-8H2,1H3. The Labute approximate surface area is 189 Å². The lowest BCUT2D eigenvalue weighted by molar-refractivity contribution is -0.137. The number of rotatable bonds is 6. The molecule has 1 N–H and O–H groups in total. The minimum Gasteiger partial charge on any atom is -0.465 e. The summed E-state index contributed by atoms with van der Waals surface area (Å²) in [5, 5.41) is 0. The van der Waals surface area contributed by atoms with Crippen LogP contribution in [0.2, 0.25) is 0 Å². The SMILES string of the molecule is COC(=O)c1ccc(C2CC2)c(S(=O)(=O)Nc2cc(C(F)(F)F)ccc2-c2ccccc2)c1. The van der Waals surface area contributed by atoms with Gasteiger partial charge in [-0.25, -0.2) is 13.2 Å². The molecule has 1 fully saturated rings. The molecule has 0 spiro atoms. The highest BCUT2D eigenvalue weighted by atomic mass is 32.2. The Bertz CT molecular complexity index is 1300. The van der Waals surface area contributed by atoms with Crippen molar-refractivity contribution in [3.63, 3.8) is 0 Å². The van der Waals surface area contributed by atoms with Gasteiger partial charge >= 0.3 is 12.1 Å². The summed E-state index contributed by atoms with van der Waals surface area (Å²) >= 11 is 0. The third-order valence-electron chi connectivity index (χ3n) is 5.42. The maximum atomic E-state index is 13.4. The number of alkyl halides is 3. The molecule has 9 heteroatoms. The van der Waals surface area contributed by atoms with E-state index in [9.17, 15) is 26.4 Å². The van der Waals surface area contributed by atoms with Gasteiger partial charge in [-0.1, -0.05) is 42.5 Å². The van der Waals surface area contributed by atoms with E-state index in [2.05, 4.69) is 9.46 Å². The van der Waals surface area contributed by atoms with Crippen LogP contribution in [0.3, 0.4) is 0 Å². The van der Waals surface area contributed by atoms with Crippen molar-refractivity contribution in [1.29, 1.82) is 0 Å². The highest BCUT2D eigenvalue weighted by molar-refractivity contribution is 7.92. The van der Waals surface area contributed by atoms with Gasteiger partial charge in [-0.2, -0.15) is 13.2 Å². The maximum absolute atomic E-state index is 13.4. The first-order chi connectivity index (χ1) is 15.6. The number of carbonyl (C=O) groups excluding carboxylic acids is 1. The van der Waals surface area contributed by atoms with Gasteiger partial charge in [-0.05, 0) is 54.2 Å². The number of hydrogen-bond acceptors (Lipinski definition) is 4. The molecular weight excluding hydrogens is 455 g/mol. The number of halogens is 3. The number of ether oxygens (including phenoxy) is 1. The lowest BCUT2D eigenvalue weighted by atomic mass is 10.0. The van der Waals surface area contributed by atoms with Crippen molar-refractivity contribution in [3.8, 4) is 11.1 Å². The van der Waals surface area contributed by atoms with Gasteiger partial charge in [-0.15, -0.1) is 0 Å². The molecular formula is C24H20F3NO4S. The quantitative estimate of drug-likeness (QED) is 0.455. The van der Waals surface area contributed by atoms with Gasteiger partial charge in [0, 0.05) is 5.56 Å². The normalized spacial score (nSPS) is 14.1. The second kappa shape index (κ2) is 8.55. The molecule has 3 aromatic rings. The minimum atomic E-state index is -4.65. The van der Waals surface area contributed by atoms with Crippen LogP contribution in [0, 0.1) is 0 Å². The third kappa shape index (κ3) is 4.88. The molecule has 0 heterocycles. The van der Waals surface area contributed by atoms with E-state index in [4.69, 9.17) is 0 Å². The summed E-state index contributed by atoms with van der Waals surface area (Å²) in [6, 6.07) is 15.7. The number of carbonyl (C=O) groups is 1. The summed E-state index contributed by atoms with van der Waals surface area (Å²) in [4.78, 5) is 11.8. The molecule has 0 aliphatic heterocycles. The Morgan fingerprint density at radius 2 is 1.70 bits per heavy atom. The summed E-state index contributed by atoms with van der Waals surface area (Å²) in [6.45, 7) is 0. The molecule has 1 saturated carbocycles. The van der Waals surface area contributed by atoms with Crippen molar-refractivity contribution in [2.45, 2.75) is 29.8 Å². The van der Waals surface area contributed by atoms with Gasteiger partial charge in [-0.3, -0.25) is 4.72 Å². The largest absolute Gasteiger partial charge is 0.465 e. The predicted molar refractivity (Wildman–Crippen MR) is 117 cm³/mol. The van der Waals surface area contributed by atoms with Gasteiger partial charge in [0.2, 0.25) is 0 Å². The molecule has 0 radical (unpaired) electrons. The summed E-state index contributed by atoms with van der Waals surface area (Å²) in [5.41, 5.74) is 0.212. The van der Waals surface area contributed by atoms with Crippen molar-refractivity contribution in [2.24, 2.45) is 0 Å². The zero-order valence-corrected chi connectivity index (χ0v) is 18.3. The number of hydrogen-bond donors (Lipinski definition) is 1. The first kappa shape index (κ1) is 22.8. The second-order valence-electron chi connectivity index (χ2n) is 7.75. The molecule has 172 valence electrons. The van der Waals surface area contributed by atoms with Crippen LogP contribution in [0.15, 0.2) is 71.6 Å². The summed E-state index contributed by atoms with van der Waals surface area (Å²) in [7, 11) is -3.15. The maximum Gasteiger partial charge on any atom is 0.416 e. The zero-order chi connectivity index (χ0) is 23.8. The third-order valence-corrected chi connectivity index (χ3v) is 6.84. The molecule has 0 bridgehead atoms. The van der Waals surface area contributed by atoms with E-state index in [1.165, 1.54) is 25.3 Å². The van der Waals surface area contributed by atoms with Crippen LogP contribution in [0.5, 0.6) is 0 Å². The smallest absolute Gasteiger partial charge is 0.416 e. The fraction of sp³-hybridized carbons (Fsp3) is 0.208. The number of sulfonamides is 1. The van der Waals surface area contributed by atoms with E-state index >= 15 is 0 Å². The molecule has 1 aliphatic rings. The van der Waals surface area contributed by atoms with E-state index in [-0.39, 0.29) is 22.1 Å². The van der Waals surface area contributed by atoms with Crippen LogP contribution in [0.1, 0.15) is 40.2 Å². The van der Waals surface area contributed by atoms with E-state index in [0.717, 1.165) is 25.0 Å². The van der Waals surface area contributed by atoms with Crippen molar-refractivity contribution < 1.29 is 31.1 Å². The highest BCUT2D eigenvalue weighted by Gasteiger charge is 2.34. The lowest BCUT2D eigenvalue weighted by Gasteiger charge is -2.18. The van der Waals surface area contributed by atoms with Crippen LogP contribution in [0.25, 0.3) is 11.1 Å². The molecule has 0 amide bonds. The summed E-state index contributed by atoms with van der Waals surface area (Å²) in [6.07, 6.45) is -3.07. The average Bonchev–Trinajstić information content (AvgIpc) is 3.63. The molecule has 0 aromatic heterocycles. The molecule has 0 saturated heterocycles. The lowest BCUT2D eigenvalue weighted by Crippen LogP contribution is -2.17. The number of esters is 1. The number of anilines is 1. The number of benzene rings is 3. The van der Waals surface area contributed by atoms with Gasteiger partial charge < -0.3 is 4.74 Å². The monoisotopic (exact) mass is 475 g/mol. The van der Waals surface area contributed by atoms with E-state index < -0.39 is 27.7 Å². The van der Waals surface area contributed by atoms with Gasteiger partial charge in [0.15, 0.2) is 0 Å². The van der Waals surface area contributed by atoms with Crippen molar-refractivity contribution >= 4 is 21.7 Å². The highest BCUT2D eigenvalue weighted by Crippen LogP contribution is 2.44. The van der Waals surface area contributed by atoms with E-state index in [0.29, 0.717) is 16.7 Å². The summed E-state index contributed by atoms with van der Waals surface area (Å²) < 4.78 is 74.0. The number of nitrogens with one attached hydrogen (secondary N) is 1. The Balaban J connectivity index is 1.83. The second-order valence-corrected chi connectivity index (χ2v) is 9.40. The summed E-state index contributed by atoms with van der Waals surface area (Å²) in [5.74, 6) is -0.698. The van der Waals surface area contributed by atoms with E-state index in [1.54, 1.807) is 36.4 Å². The van der Waals surface area contributed by atoms with Crippen molar-refractivity contribution in [2.75, 3.05) is 11.8 Å². The Morgan fingerprint density at radius 3 is 2.30 bits per heavy atom. The molecule has 3 aromatic carbocycles. The molecule has 0 unspecified atom stereocenters. The van der Waals surface area contributed by atoms with Crippen molar-refractivity contribution in [1.82, 2.24) is 0 Å². The van der Waals surface area contributed by atoms with Crippen LogP contribution in [-0.2, 0) is 20.9 Å². The predicted octanol–water partition coefficient (Wildman–Crippen LogP) is 5.84. The van der Waals surface area contributed by atoms with Crippen LogP contribution < -0.4 is 4.72 Å². The van der Waals surface area contributed by atoms with Crippen molar-refractivity contribution in [3.05, 3.63) is 83.4 Å². The van der Waals surface area contributed by atoms with Gasteiger partial charge in [0.05, 0.1) is 28.8 Å². The number of methoxy groups -OCH3 is 1. The van der Waals surface area contributed by atoms with Gasteiger partial charge in [0.25, 0.3) is 10.0 Å². The molecule has 1 aliphatic carbocycles. The van der Waals surface area contributed by atoms with Gasteiger partial charge in [0.1, 0.15) is 0 Å². The fourth-order valence-electron chi connectivity index (χ4n) is 3.62. The molecule has 0 atom stereocenters. The molecule has 5 nitrogen and oxygen atoms in total. The topological polar surface area (TPSA) is 72.5 Å². The van der Waals surface area contributed by atoms with Crippen LogP contribution in [0.4, 0.5) is 18.9 Å². The Kier molecular flexibility index (Phi) is 5.92. The Morgan fingerprint density at radius 1 is 1.00 bits per heavy atom. The van der Waals surface area contributed by atoms with Crippen LogP contribution >= 0.6 is 0 Å². The zero-order valence-electron chi connectivity index (χ0n) is 17.5. The van der Waals surface area contributed by atoms with E-state index in [1.807, 2.05) is 0 Å². The first-order valence-corrected chi connectivity index (χ1v) is 11.6. The van der Waals surface area contributed by atoms with Crippen LogP contribution in [-0.4, -0.2) is 21.5 Å². The average molecular weight is 475 g/mol. The minimum absolute atomic E-state index is 0.0124. The fourth-order valence-corrected chi connectivity index (χ4v) is 5.01.